The van der Waals surface area contributed by atoms with Crippen LogP contribution in [0.2, 0.25) is 0 Å². The Labute approximate surface area is 126 Å². The summed E-state index contributed by atoms with van der Waals surface area (Å²) in [7, 11) is 0. The fourth-order valence-electron chi connectivity index (χ4n) is 3.06. The largest absolute Gasteiger partial charge is 0.352 e. The van der Waals surface area contributed by atoms with Crippen LogP contribution in [0.3, 0.4) is 0 Å². The van der Waals surface area contributed by atoms with Crippen molar-refractivity contribution in [1.82, 2.24) is 10.6 Å². The van der Waals surface area contributed by atoms with Crippen molar-refractivity contribution in [3.63, 3.8) is 0 Å². The molecule has 20 heavy (non-hydrogen) atoms. The van der Waals surface area contributed by atoms with Crippen molar-refractivity contribution in [3.05, 3.63) is 21.9 Å². The van der Waals surface area contributed by atoms with Gasteiger partial charge in [-0.05, 0) is 51.8 Å². The van der Waals surface area contributed by atoms with Gasteiger partial charge in [-0.2, -0.15) is 0 Å². The molecule has 0 saturated carbocycles. The molecule has 2 N–H and O–H groups in total. The highest BCUT2D eigenvalue weighted by Crippen LogP contribution is 2.25. The van der Waals surface area contributed by atoms with E-state index in [0.29, 0.717) is 0 Å². The van der Waals surface area contributed by atoms with E-state index < -0.39 is 0 Å². The Morgan fingerprint density at radius 2 is 2.35 bits per heavy atom. The fraction of sp³-hybridized carbons (Fsp3) is 0.688. The number of carbonyl (C=O) groups excluding carboxylic acids is 1. The summed E-state index contributed by atoms with van der Waals surface area (Å²) in [4.78, 5) is 15.3. The minimum absolute atomic E-state index is 0.191. The van der Waals surface area contributed by atoms with Crippen molar-refractivity contribution in [3.8, 4) is 0 Å². The van der Waals surface area contributed by atoms with Gasteiger partial charge in [-0.25, -0.2) is 0 Å². The van der Waals surface area contributed by atoms with Crippen LogP contribution in [0.25, 0.3) is 0 Å². The van der Waals surface area contributed by atoms with Gasteiger partial charge in [0.05, 0.1) is 5.54 Å². The Morgan fingerprint density at radius 1 is 1.55 bits per heavy atom. The normalized spacial score (nSPS) is 23.8. The topological polar surface area (TPSA) is 41.1 Å². The molecule has 1 saturated heterocycles. The van der Waals surface area contributed by atoms with Crippen molar-refractivity contribution in [2.45, 2.75) is 64.5 Å². The van der Waals surface area contributed by atoms with Gasteiger partial charge in [-0.15, -0.1) is 11.3 Å². The van der Waals surface area contributed by atoms with Crippen LogP contribution in [0.5, 0.6) is 0 Å². The van der Waals surface area contributed by atoms with Gasteiger partial charge in [0, 0.05) is 22.2 Å². The summed E-state index contributed by atoms with van der Waals surface area (Å²) in [5, 5.41) is 6.65. The predicted octanol–water partition coefficient (Wildman–Crippen LogP) is 3.03. The third kappa shape index (κ3) is 3.61. The average Bonchev–Trinajstić information content (AvgIpc) is 3.00. The summed E-state index contributed by atoms with van der Waals surface area (Å²) in [5.41, 5.74) is -0.311. The van der Waals surface area contributed by atoms with Gasteiger partial charge >= 0.3 is 0 Å². The van der Waals surface area contributed by atoms with Gasteiger partial charge in [-0.1, -0.05) is 13.3 Å². The third-order valence-corrected chi connectivity index (χ3v) is 5.06. The highest BCUT2D eigenvalue weighted by atomic mass is 32.1. The van der Waals surface area contributed by atoms with E-state index in [0.717, 1.165) is 38.6 Å². The van der Waals surface area contributed by atoms with E-state index in [-0.39, 0.29) is 17.5 Å². The van der Waals surface area contributed by atoms with Crippen molar-refractivity contribution < 1.29 is 4.79 Å². The zero-order valence-electron chi connectivity index (χ0n) is 12.8. The van der Waals surface area contributed by atoms with Crippen LogP contribution < -0.4 is 10.6 Å². The second-order valence-corrected chi connectivity index (χ2v) is 7.33. The van der Waals surface area contributed by atoms with Crippen molar-refractivity contribution >= 4 is 17.2 Å². The maximum absolute atomic E-state index is 12.6. The van der Waals surface area contributed by atoms with Crippen LogP contribution in [0, 0.1) is 6.92 Å². The number of nitrogens with one attached hydrogen (secondary N) is 2. The molecule has 0 radical (unpaired) electrons. The van der Waals surface area contributed by atoms with E-state index in [1.807, 2.05) is 11.3 Å². The minimum Gasteiger partial charge on any atom is -0.352 e. The zero-order valence-corrected chi connectivity index (χ0v) is 13.6. The van der Waals surface area contributed by atoms with E-state index in [4.69, 9.17) is 0 Å². The molecule has 1 amide bonds. The molecule has 2 atom stereocenters. The molecule has 0 spiro atoms. The fourth-order valence-corrected chi connectivity index (χ4v) is 4.08. The molecule has 1 aliphatic heterocycles. The molecular formula is C16H26N2OS. The maximum atomic E-state index is 12.6. The second-order valence-electron chi connectivity index (χ2n) is 5.95. The SMILES string of the molecule is CCCC1(C(=O)NC(C)Cc2ccc(C)s2)CCCN1. The summed E-state index contributed by atoms with van der Waals surface area (Å²) < 4.78 is 0. The number of hydrogen-bond donors (Lipinski definition) is 2. The molecule has 1 aliphatic rings. The predicted molar refractivity (Wildman–Crippen MR) is 85.2 cm³/mol. The maximum Gasteiger partial charge on any atom is 0.240 e. The van der Waals surface area contributed by atoms with Gasteiger partial charge in [0.25, 0.3) is 0 Å². The molecule has 0 aromatic carbocycles. The first-order chi connectivity index (χ1) is 9.55. The van der Waals surface area contributed by atoms with Crippen molar-refractivity contribution in [2.24, 2.45) is 0 Å². The molecule has 3 nitrogen and oxygen atoms in total. The Morgan fingerprint density at radius 3 is 2.90 bits per heavy atom. The van der Waals surface area contributed by atoms with Crippen LogP contribution in [0.1, 0.15) is 49.3 Å². The Bertz CT molecular complexity index is 449. The van der Waals surface area contributed by atoms with Gasteiger partial charge < -0.3 is 10.6 Å². The molecule has 2 rings (SSSR count). The van der Waals surface area contributed by atoms with Gasteiger partial charge in [0.15, 0.2) is 0 Å². The van der Waals surface area contributed by atoms with E-state index in [1.165, 1.54) is 9.75 Å². The summed E-state index contributed by atoms with van der Waals surface area (Å²) >= 11 is 1.82. The number of amides is 1. The summed E-state index contributed by atoms with van der Waals surface area (Å²) in [6.07, 6.45) is 4.97. The summed E-state index contributed by atoms with van der Waals surface area (Å²) in [6, 6.07) is 4.50. The average molecular weight is 294 g/mol. The quantitative estimate of drug-likeness (QED) is 0.847. The molecule has 1 fully saturated rings. The Kier molecular flexibility index (Phi) is 5.22. The molecule has 1 aromatic heterocycles. The zero-order chi connectivity index (χ0) is 14.6. The van der Waals surface area contributed by atoms with E-state index in [2.05, 4.69) is 43.5 Å². The number of thiophene rings is 1. The number of aryl methyl sites for hydroxylation is 1. The molecule has 0 bridgehead atoms. The van der Waals surface area contributed by atoms with E-state index >= 15 is 0 Å². The lowest BCUT2D eigenvalue weighted by atomic mass is 9.90. The Hall–Kier alpha value is -0.870. The Balaban J connectivity index is 1.92. The van der Waals surface area contributed by atoms with Crippen LogP contribution in [0.4, 0.5) is 0 Å². The third-order valence-electron chi connectivity index (χ3n) is 4.04. The van der Waals surface area contributed by atoms with E-state index in [9.17, 15) is 4.79 Å². The number of hydrogen-bond acceptors (Lipinski definition) is 3. The number of carbonyl (C=O) groups is 1. The molecule has 1 aromatic rings. The molecule has 2 unspecified atom stereocenters. The molecule has 2 heterocycles. The highest BCUT2D eigenvalue weighted by Gasteiger charge is 2.40. The smallest absolute Gasteiger partial charge is 0.240 e. The van der Waals surface area contributed by atoms with Gasteiger partial charge in [0.1, 0.15) is 0 Å². The van der Waals surface area contributed by atoms with Crippen molar-refractivity contribution in [1.29, 1.82) is 0 Å². The molecule has 112 valence electrons. The van der Waals surface area contributed by atoms with Gasteiger partial charge in [0.2, 0.25) is 5.91 Å². The van der Waals surface area contributed by atoms with Crippen LogP contribution in [-0.4, -0.2) is 24.0 Å². The highest BCUT2D eigenvalue weighted by molar-refractivity contribution is 7.11. The summed E-state index contributed by atoms with van der Waals surface area (Å²) in [5.74, 6) is 0.192. The van der Waals surface area contributed by atoms with Crippen LogP contribution in [0.15, 0.2) is 12.1 Å². The van der Waals surface area contributed by atoms with Gasteiger partial charge in [-0.3, -0.25) is 4.79 Å². The monoisotopic (exact) mass is 294 g/mol. The van der Waals surface area contributed by atoms with E-state index in [1.54, 1.807) is 0 Å². The minimum atomic E-state index is -0.311. The van der Waals surface area contributed by atoms with Crippen LogP contribution in [-0.2, 0) is 11.2 Å². The molecule has 4 heteroatoms. The molecule has 0 aliphatic carbocycles. The van der Waals surface area contributed by atoms with Crippen molar-refractivity contribution in [2.75, 3.05) is 6.54 Å². The molecular weight excluding hydrogens is 268 g/mol. The first kappa shape index (κ1) is 15.5. The summed E-state index contributed by atoms with van der Waals surface area (Å²) in [6.45, 7) is 7.33. The first-order valence-corrected chi connectivity index (χ1v) is 8.49. The lowest BCUT2D eigenvalue weighted by molar-refractivity contribution is -0.128. The lowest BCUT2D eigenvalue weighted by Crippen LogP contribution is -2.55. The standard InChI is InChI=1S/C16H26N2OS/c1-4-8-16(9-5-10-17-16)15(19)18-12(2)11-14-7-6-13(3)20-14/h6-7,12,17H,4-5,8-11H2,1-3H3,(H,18,19). The second kappa shape index (κ2) is 6.72. The first-order valence-electron chi connectivity index (χ1n) is 7.67. The lowest BCUT2D eigenvalue weighted by Gasteiger charge is -2.29. The van der Waals surface area contributed by atoms with Crippen LogP contribution >= 0.6 is 11.3 Å². The number of rotatable bonds is 6.